The van der Waals surface area contributed by atoms with Gasteiger partial charge in [0.2, 0.25) is 0 Å². The number of ether oxygens (including phenoxy) is 1. The van der Waals surface area contributed by atoms with Crippen LogP contribution in [0.3, 0.4) is 0 Å². The first-order valence-electron chi connectivity index (χ1n) is 3.82. The van der Waals surface area contributed by atoms with E-state index >= 15 is 0 Å². The van der Waals surface area contributed by atoms with Crippen LogP contribution in [-0.4, -0.2) is 23.7 Å². The van der Waals surface area contributed by atoms with E-state index in [1.807, 2.05) is 6.92 Å². The van der Waals surface area contributed by atoms with E-state index in [4.69, 9.17) is 22.7 Å². The second kappa shape index (κ2) is 3.71. The van der Waals surface area contributed by atoms with Gasteiger partial charge in [-0.15, -0.1) is 0 Å². The minimum atomic E-state index is -0.352. The summed E-state index contributed by atoms with van der Waals surface area (Å²) in [6, 6.07) is 0. The number of alkyl carbamates (subject to hydrolysis) is 1. The van der Waals surface area contributed by atoms with Gasteiger partial charge in [0.15, 0.2) is 0 Å². The topological polar surface area (TPSA) is 64.3 Å². The van der Waals surface area contributed by atoms with Crippen molar-refractivity contribution in [1.29, 1.82) is 0 Å². The molecule has 1 aliphatic rings. The molecule has 0 aromatic rings. The summed E-state index contributed by atoms with van der Waals surface area (Å²) in [5, 5.41) is 2.58. The maximum atomic E-state index is 10.6. The molecule has 0 radical (unpaired) electrons. The maximum absolute atomic E-state index is 10.6. The van der Waals surface area contributed by atoms with E-state index in [-0.39, 0.29) is 18.1 Å². The van der Waals surface area contributed by atoms with Crippen LogP contribution in [0.1, 0.15) is 13.3 Å². The minimum Gasteiger partial charge on any atom is -0.444 e. The first-order chi connectivity index (χ1) is 5.59. The maximum Gasteiger partial charge on any atom is 0.407 e. The van der Waals surface area contributed by atoms with Crippen LogP contribution in [-0.2, 0) is 4.74 Å². The van der Waals surface area contributed by atoms with Crippen LogP contribution in [0.5, 0.6) is 0 Å². The molecule has 1 heterocycles. The molecule has 0 aromatic carbocycles. The van der Waals surface area contributed by atoms with Gasteiger partial charge in [-0.05, 0) is 0 Å². The van der Waals surface area contributed by atoms with Gasteiger partial charge in [0.05, 0.1) is 11.5 Å². The lowest BCUT2D eigenvalue weighted by Gasteiger charge is -2.15. The van der Waals surface area contributed by atoms with Crippen LogP contribution >= 0.6 is 12.2 Å². The number of amides is 1. The lowest BCUT2D eigenvalue weighted by molar-refractivity contribution is 0.112. The standard InChI is InChI=1S/C7H12N2O2S/c1-4(2-6(8)12)5-3-9-7(10)11-5/h4-5H,2-3H2,1H3,(H2,8,12)(H,9,10). The predicted octanol–water partition coefficient (Wildman–Crippen LogP) is 0.407. The number of carbonyl (C=O) groups excluding carboxylic acids is 1. The van der Waals surface area contributed by atoms with Gasteiger partial charge in [-0.2, -0.15) is 0 Å². The summed E-state index contributed by atoms with van der Waals surface area (Å²) in [6.45, 7) is 2.52. The summed E-state index contributed by atoms with van der Waals surface area (Å²) in [6.07, 6.45) is 0.184. The molecule has 1 saturated heterocycles. The first kappa shape index (κ1) is 9.25. The van der Waals surface area contributed by atoms with Crippen molar-refractivity contribution in [2.45, 2.75) is 19.4 Å². The quantitative estimate of drug-likeness (QED) is 0.629. The summed E-state index contributed by atoms with van der Waals surface area (Å²) in [5.74, 6) is 0.196. The number of carbonyl (C=O) groups is 1. The highest BCUT2D eigenvalue weighted by Crippen LogP contribution is 2.14. The number of nitrogens with one attached hydrogen (secondary N) is 1. The largest absolute Gasteiger partial charge is 0.444 e. The highest BCUT2D eigenvalue weighted by Gasteiger charge is 2.27. The van der Waals surface area contributed by atoms with Crippen LogP contribution in [0.25, 0.3) is 0 Å². The van der Waals surface area contributed by atoms with Crippen LogP contribution in [0.2, 0.25) is 0 Å². The summed E-state index contributed by atoms with van der Waals surface area (Å²) >= 11 is 4.75. The third kappa shape index (κ3) is 2.34. The van der Waals surface area contributed by atoms with Crippen molar-refractivity contribution in [2.75, 3.05) is 6.54 Å². The molecule has 1 rings (SSSR count). The van der Waals surface area contributed by atoms with Crippen molar-refractivity contribution in [2.24, 2.45) is 11.7 Å². The molecular formula is C7H12N2O2S. The Kier molecular flexibility index (Phi) is 2.86. The van der Waals surface area contributed by atoms with Gasteiger partial charge in [0, 0.05) is 12.3 Å². The summed E-state index contributed by atoms with van der Waals surface area (Å²) in [5.41, 5.74) is 5.37. The zero-order valence-corrected chi connectivity index (χ0v) is 7.69. The Labute approximate surface area is 76.4 Å². The van der Waals surface area contributed by atoms with Gasteiger partial charge >= 0.3 is 6.09 Å². The fourth-order valence-corrected chi connectivity index (χ4v) is 1.43. The molecule has 0 aromatic heterocycles. The predicted molar refractivity (Wildman–Crippen MR) is 48.8 cm³/mol. The van der Waals surface area contributed by atoms with Crippen molar-refractivity contribution >= 4 is 23.3 Å². The molecule has 4 nitrogen and oxygen atoms in total. The molecule has 0 spiro atoms. The molecule has 2 unspecified atom stereocenters. The van der Waals surface area contributed by atoms with Crippen molar-refractivity contribution < 1.29 is 9.53 Å². The number of cyclic esters (lactones) is 1. The molecule has 12 heavy (non-hydrogen) atoms. The Hall–Kier alpha value is -0.840. The molecule has 1 amide bonds. The number of thiocarbonyl (C=S) groups is 1. The van der Waals surface area contributed by atoms with E-state index in [1.54, 1.807) is 0 Å². The zero-order chi connectivity index (χ0) is 9.14. The van der Waals surface area contributed by atoms with E-state index in [0.29, 0.717) is 18.0 Å². The molecule has 1 fully saturated rings. The molecule has 5 heteroatoms. The van der Waals surface area contributed by atoms with Crippen LogP contribution in [0.15, 0.2) is 0 Å². The summed E-state index contributed by atoms with van der Waals surface area (Å²) < 4.78 is 4.96. The monoisotopic (exact) mass is 188 g/mol. The Bertz CT molecular complexity index is 208. The Morgan fingerprint density at radius 3 is 3.08 bits per heavy atom. The summed E-state index contributed by atoms with van der Waals surface area (Å²) in [4.78, 5) is 11.1. The highest BCUT2D eigenvalue weighted by molar-refractivity contribution is 7.80. The third-order valence-electron chi connectivity index (χ3n) is 1.86. The zero-order valence-electron chi connectivity index (χ0n) is 6.87. The minimum absolute atomic E-state index is 0.0843. The molecule has 3 N–H and O–H groups in total. The van der Waals surface area contributed by atoms with Gasteiger partial charge in [-0.25, -0.2) is 4.79 Å². The average Bonchev–Trinajstić information content (AvgIpc) is 2.34. The first-order valence-corrected chi connectivity index (χ1v) is 4.23. The van der Waals surface area contributed by atoms with E-state index in [1.165, 1.54) is 0 Å². The SMILES string of the molecule is CC(CC(N)=S)C1CNC(=O)O1. The van der Waals surface area contributed by atoms with Gasteiger partial charge in [-0.3, -0.25) is 0 Å². The average molecular weight is 188 g/mol. The number of hydrogen-bond acceptors (Lipinski definition) is 3. The van der Waals surface area contributed by atoms with Crippen LogP contribution in [0.4, 0.5) is 4.79 Å². The summed E-state index contributed by atoms with van der Waals surface area (Å²) in [7, 11) is 0. The second-order valence-corrected chi connectivity index (χ2v) is 3.50. The van der Waals surface area contributed by atoms with Gasteiger partial charge in [0.1, 0.15) is 6.10 Å². The normalized spacial score (nSPS) is 24.4. The molecule has 0 bridgehead atoms. The van der Waals surface area contributed by atoms with Gasteiger partial charge in [-0.1, -0.05) is 19.1 Å². The molecule has 0 saturated carbocycles. The molecule has 0 aliphatic carbocycles. The van der Waals surface area contributed by atoms with Crippen molar-refractivity contribution in [3.05, 3.63) is 0 Å². The number of nitrogens with two attached hydrogens (primary N) is 1. The fraction of sp³-hybridized carbons (Fsp3) is 0.714. The Morgan fingerprint density at radius 2 is 2.67 bits per heavy atom. The van der Waals surface area contributed by atoms with Crippen molar-refractivity contribution in [1.82, 2.24) is 5.32 Å². The van der Waals surface area contributed by atoms with Gasteiger partial charge < -0.3 is 15.8 Å². The highest BCUT2D eigenvalue weighted by atomic mass is 32.1. The lowest BCUT2D eigenvalue weighted by atomic mass is 10.0. The van der Waals surface area contributed by atoms with E-state index in [0.717, 1.165) is 0 Å². The Morgan fingerprint density at radius 1 is 2.00 bits per heavy atom. The third-order valence-corrected chi connectivity index (χ3v) is 2.03. The molecular weight excluding hydrogens is 176 g/mol. The van der Waals surface area contributed by atoms with Gasteiger partial charge in [0.25, 0.3) is 0 Å². The van der Waals surface area contributed by atoms with E-state index in [2.05, 4.69) is 5.32 Å². The van der Waals surface area contributed by atoms with Crippen molar-refractivity contribution in [3.63, 3.8) is 0 Å². The molecule has 68 valence electrons. The van der Waals surface area contributed by atoms with Crippen LogP contribution in [0, 0.1) is 5.92 Å². The van der Waals surface area contributed by atoms with E-state index < -0.39 is 0 Å². The fourth-order valence-electron chi connectivity index (χ4n) is 1.17. The van der Waals surface area contributed by atoms with Crippen molar-refractivity contribution in [3.8, 4) is 0 Å². The van der Waals surface area contributed by atoms with Crippen LogP contribution < -0.4 is 11.1 Å². The molecule has 1 aliphatic heterocycles. The second-order valence-electron chi connectivity index (χ2n) is 2.97. The van der Waals surface area contributed by atoms with E-state index in [9.17, 15) is 4.79 Å². The lowest BCUT2D eigenvalue weighted by Crippen LogP contribution is -2.26. The smallest absolute Gasteiger partial charge is 0.407 e. The number of rotatable bonds is 3. The Balaban J connectivity index is 2.37. The number of hydrogen-bond donors (Lipinski definition) is 2. The molecule has 2 atom stereocenters.